The molecule has 0 aromatic heterocycles. The average Bonchev–Trinajstić information content (AvgIpc) is 2.52. The van der Waals surface area contributed by atoms with Gasteiger partial charge in [-0.25, -0.2) is 9.18 Å². The summed E-state index contributed by atoms with van der Waals surface area (Å²) in [5, 5.41) is 11.4. The normalized spacial score (nSPS) is 18.0. The molecule has 2 rings (SSSR count). The summed E-state index contributed by atoms with van der Waals surface area (Å²) < 4.78 is 19.3. The van der Waals surface area contributed by atoms with Gasteiger partial charge in [0.25, 0.3) is 5.91 Å². The van der Waals surface area contributed by atoms with Crippen LogP contribution in [-0.4, -0.2) is 36.2 Å². The van der Waals surface area contributed by atoms with E-state index >= 15 is 0 Å². The van der Waals surface area contributed by atoms with E-state index in [9.17, 15) is 14.0 Å². The molecule has 6 heteroatoms. The smallest absolute Gasteiger partial charge is 0.335 e. The molecule has 1 amide bonds. The molecule has 1 aromatic rings. The quantitative estimate of drug-likeness (QED) is 0.792. The molecule has 1 unspecified atom stereocenters. The SMILES string of the molecule is O=C(O)c1ccc(C(=O)NCCCC2CCCCO2)c(F)c1. The number of aromatic carboxylic acids is 1. The summed E-state index contributed by atoms with van der Waals surface area (Å²) in [7, 11) is 0. The number of hydrogen-bond acceptors (Lipinski definition) is 3. The Bertz CT molecular complexity index is 541. The summed E-state index contributed by atoms with van der Waals surface area (Å²) >= 11 is 0. The number of ether oxygens (including phenoxy) is 1. The van der Waals surface area contributed by atoms with Crippen LogP contribution in [0, 0.1) is 5.82 Å². The van der Waals surface area contributed by atoms with Crippen LogP contribution in [0.25, 0.3) is 0 Å². The molecule has 1 heterocycles. The van der Waals surface area contributed by atoms with Crippen LogP contribution in [0.2, 0.25) is 0 Å². The van der Waals surface area contributed by atoms with Crippen LogP contribution in [0.3, 0.4) is 0 Å². The molecule has 5 nitrogen and oxygen atoms in total. The van der Waals surface area contributed by atoms with E-state index in [1.807, 2.05) is 0 Å². The first-order valence-electron chi connectivity index (χ1n) is 7.50. The number of carbonyl (C=O) groups is 2. The van der Waals surface area contributed by atoms with Gasteiger partial charge in [-0.05, 0) is 50.3 Å². The molecule has 0 aliphatic carbocycles. The second-order valence-corrected chi connectivity index (χ2v) is 5.39. The predicted octanol–water partition coefficient (Wildman–Crippen LogP) is 2.60. The van der Waals surface area contributed by atoms with E-state index in [1.165, 1.54) is 18.6 Å². The Balaban J connectivity index is 1.78. The molecule has 0 bridgehead atoms. The molecule has 1 fully saturated rings. The fourth-order valence-electron chi connectivity index (χ4n) is 2.49. The number of nitrogens with one attached hydrogen (secondary N) is 1. The van der Waals surface area contributed by atoms with Crippen LogP contribution < -0.4 is 5.32 Å². The minimum Gasteiger partial charge on any atom is -0.478 e. The van der Waals surface area contributed by atoms with Crippen LogP contribution in [0.15, 0.2) is 18.2 Å². The first-order valence-corrected chi connectivity index (χ1v) is 7.50. The molecule has 120 valence electrons. The Morgan fingerprint density at radius 3 is 2.82 bits per heavy atom. The van der Waals surface area contributed by atoms with Crippen LogP contribution in [0.5, 0.6) is 0 Å². The maximum atomic E-state index is 13.7. The number of rotatable bonds is 6. The molecule has 22 heavy (non-hydrogen) atoms. The van der Waals surface area contributed by atoms with Gasteiger partial charge in [-0.2, -0.15) is 0 Å². The molecule has 1 atom stereocenters. The zero-order valence-electron chi connectivity index (χ0n) is 12.3. The zero-order chi connectivity index (χ0) is 15.9. The molecule has 1 aliphatic heterocycles. The van der Waals surface area contributed by atoms with Crippen molar-refractivity contribution in [2.45, 2.75) is 38.2 Å². The number of hydrogen-bond donors (Lipinski definition) is 2. The second-order valence-electron chi connectivity index (χ2n) is 5.39. The lowest BCUT2D eigenvalue weighted by Gasteiger charge is -2.22. The fourth-order valence-corrected chi connectivity index (χ4v) is 2.49. The standard InChI is InChI=1S/C16H20FNO4/c17-14-10-11(16(20)21)6-7-13(14)15(19)18-8-3-5-12-4-1-2-9-22-12/h6-7,10,12H,1-5,8-9H2,(H,18,19)(H,20,21). The zero-order valence-corrected chi connectivity index (χ0v) is 12.3. The number of carbonyl (C=O) groups excluding carboxylic acids is 1. The van der Waals surface area contributed by atoms with Crippen LogP contribution in [0.4, 0.5) is 4.39 Å². The summed E-state index contributed by atoms with van der Waals surface area (Å²) in [5.74, 6) is -2.58. The van der Waals surface area contributed by atoms with Gasteiger partial charge in [0.1, 0.15) is 5.82 Å². The van der Waals surface area contributed by atoms with Crippen molar-refractivity contribution in [3.8, 4) is 0 Å². The summed E-state index contributed by atoms with van der Waals surface area (Å²) in [5.41, 5.74) is -0.317. The van der Waals surface area contributed by atoms with Crippen LogP contribution in [-0.2, 0) is 4.74 Å². The largest absolute Gasteiger partial charge is 0.478 e. The van der Waals surface area contributed by atoms with Gasteiger partial charge in [0.2, 0.25) is 0 Å². The number of amides is 1. The van der Waals surface area contributed by atoms with Crippen molar-refractivity contribution >= 4 is 11.9 Å². The van der Waals surface area contributed by atoms with Crippen LogP contribution in [0.1, 0.15) is 52.8 Å². The van der Waals surface area contributed by atoms with E-state index in [2.05, 4.69) is 5.32 Å². The highest BCUT2D eigenvalue weighted by Gasteiger charge is 2.15. The van der Waals surface area contributed by atoms with E-state index in [4.69, 9.17) is 9.84 Å². The minimum atomic E-state index is -1.22. The summed E-state index contributed by atoms with van der Waals surface area (Å²) in [4.78, 5) is 22.6. The lowest BCUT2D eigenvalue weighted by atomic mass is 10.0. The van der Waals surface area contributed by atoms with Crippen molar-refractivity contribution in [2.75, 3.05) is 13.2 Å². The predicted molar refractivity (Wildman–Crippen MR) is 78.5 cm³/mol. The van der Waals surface area contributed by atoms with Crippen molar-refractivity contribution in [3.05, 3.63) is 35.1 Å². The van der Waals surface area contributed by atoms with Crippen LogP contribution >= 0.6 is 0 Å². The first-order chi connectivity index (χ1) is 10.6. The molecule has 0 radical (unpaired) electrons. The monoisotopic (exact) mass is 309 g/mol. The Morgan fingerprint density at radius 2 is 2.18 bits per heavy atom. The van der Waals surface area contributed by atoms with Gasteiger partial charge in [-0.1, -0.05) is 0 Å². The second kappa shape index (κ2) is 7.89. The molecule has 0 spiro atoms. The lowest BCUT2D eigenvalue weighted by molar-refractivity contribution is 0.0102. The Morgan fingerprint density at radius 1 is 1.36 bits per heavy atom. The fraction of sp³-hybridized carbons (Fsp3) is 0.500. The molecule has 2 N–H and O–H groups in total. The van der Waals surface area contributed by atoms with Gasteiger partial charge < -0.3 is 15.2 Å². The van der Waals surface area contributed by atoms with Gasteiger partial charge >= 0.3 is 5.97 Å². The highest BCUT2D eigenvalue weighted by Crippen LogP contribution is 2.16. The van der Waals surface area contributed by atoms with Crippen molar-refractivity contribution in [1.82, 2.24) is 5.32 Å². The molecular formula is C16H20FNO4. The number of halogens is 1. The van der Waals surface area contributed by atoms with E-state index < -0.39 is 17.7 Å². The molecule has 1 aliphatic rings. The van der Waals surface area contributed by atoms with Gasteiger partial charge in [-0.3, -0.25) is 4.79 Å². The average molecular weight is 309 g/mol. The molecule has 1 aromatic carbocycles. The number of carboxylic acid groups (broad SMARTS) is 1. The van der Waals surface area contributed by atoms with Gasteiger partial charge in [0, 0.05) is 13.2 Å². The summed E-state index contributed by atoms with van der Waals surface area (Å²) in [6, 6.07) is 3.27. The Kier molecular flexibility index (Phi) is 5.89. The first kappa shape index (κ1) is 16.4. The van der Waals surface area contributed by atoms with E-state index in [-0.39, 0.29) is 17.2 Å². The lowest BCUT2D eigenvalue weighted by Crippen LogP contribution is -2.27. The van der Waals surface area contributed by atoms with E-state index in [0.29, 0.717) is 6.54 Å². The molecular weight excluding hydrogens is 289 g/mol. The van der Waals surface area contributed by atoms with Crippen molar-refractivity contribution in [1.29, 1.82) is 0 Å². The van der Waals surface area contributed by atoms with E-state index in [1.54, 1.807) is 0 Å². The third-order valence-corrected chi connectivity index (χ3v) is 3.72. The Hall–Kier alpha value is -1.95. The van der Waals surface area contributed by atoms with Gasteiger partial charge in [0.15, 0.2) is 0 Å². The highest BCUT2D eigenvalue weighted by atomic mass is 19.1. The van der Waals surface area contributed by atoms with Crippen molar-refractivity contribution < 1.29 is 23.8 Å². The summed E-state index contributed by atoms with van der Waals surface area (Å²) in [6.45, 7) is 1.25. The topological polar surface area (TPSA) is 75.6 Å². The number of benzene rings is 1. The minimum absolute atomic E-state index is 0.140. The highest BCUT2D eigenvalue weighted by molar-refractivity contribution is 5.96. The summed E-state index contributed by atoms with van der Waals surface area (Å²) in [6.07, 6.45) is 5.25. The van der Waals surface area contributed by atoms with E-state index in [0.717, 1.165) is 38.4 Å². The van der Waals surface area contributed by atoms with Crippen molar-refractivity contribution in [3.63, 3.8) is 0 Å². The van der Waals surface area contributed by atoms with Crippen molar-refractivity contribution in [2.24, 2.45) is 0 Å². The number of carboxylic acids is 1. The van der Waals surface area contributed by atoms with Gasteiger partial charge in [0.05, 0.1) is 17.2 Å². The molecule has 1 saturated heterocycles. The third kappa shape index (κ3) is 4.53. The third-order valence-electron chi connectivity index (χ3n) is 3.72. The maximum Gasteiger partial charge on any atom is 0.335 e. The maximum absolute atomic E-state index is 13.7. The molecule has 0 saturated carbocycles. The van der Waals surface area contributed by atoms with Gasteiger partial charge in [-0.15, -0.1) is 0 Å². The Labute approximate surface area is 128 Å².